The van der Waals surface area contributed by atoms with E-state index in [1.807, 2.05) is 29.9 Å². The van der Waals surface area contributed by atoms with Crippen LogP contribution < -0.4 is 10.6 Å². The third-order valence-electron chi connectivity index (χ3n) is 4.22. The Bertz CT molecular complexity index is 605. The van der Waals surface area contributed by atoms with Gasteiger partial charge in [0.25, 0.3) is 0 Å². The average molecular weight is 298 g/mol. The van der Waals surface area contributed by atoms with Crippen molar-refractivity contribution in [1.29, 1.82) is 0 Å². The number of nitrogens with zero attached hydrogens (tertiary/aromatic N) is 2. The van der Waals surface area contributed by atoms with Gasteiger partial charge in [-0.25, -0.2) is 4.79 Å². The molecule has 116 valence electrons. The summed E-state index contributed by atoms with van der Waals surface area (Å²) >= 11 is 0. The van der Waals surface area contributed by atoms with Gasteiger partial charge in [-0.15, -0.1) is 0 Å². The average Bonchev–Trinajstić information content (AvgIpc) is 3.16. The van der Waals surface area contributed by atoms with Crippen LogP contribution in [0.2, 0.25) is 0 Å². The van der Waals surface area contributed by atoms with Crippen LogP contribution in [0.3, 0.4) is 0 Å². The third-order valence-corrected chi connectivity index (χ3v) is 4.22. The van der Waals surface area contributed by atoms with Crippen molar-refractivity contribution in [3.63, 3.8) is 0 Å². The lowest BCUT2D eigenvalue weighted by Crippen LogP contribution is -2.44. The van der Waals surface area contributed by atoms with E-state index in [4.69, 9.17) is 0 Å². The Morgan fingerprint density at radius 1 is 1.32 bits per heavy atom. The molecule has 1 aliphatic carbocycles. The van der Waals surface area contributed by atoms with Gasteiger partial charge in [0.05, 0.1) is 6.54 Å². The first-order valence-corrected chi connectivity index (χ1v) is 7.75. The van der Waals surface area contributed by atoms with Crippen LogP contribution in [0.25, 0.3) is 0 Å². The molecule has 0 saturated heterocycles. The van der Waals surface area contributed by atoms with Crippen LogP contribution >= 0.6 is 0 Å². The number of benzene rings is 1. The van der Waals surface area contributed by atoms with E-state index in [9.17, 15) is 4.79 Å². The summed E-state index contributed by atoms with van der Waals surface area (Å²) in [6, 6.07) is 12.2. The lowest BCUT2D eigenvalue weighted by molar-refractivity contribution is 0.235. The molecule has 0 unspecified atom stereocenters. The summed E-state index contributed by atoms with van der Waals surface area (Å²) in [6.07, 6.45) is 5.91. The van der Waals surface area contributed by atoms with Crippen molar-refractivity contribution >= 4 is 6.03 Å². The molecular formula is C17H22N4O. The predicted octanol–water partition coefficient (Wildman–Crippen LogP) is 2.30. The minimum Gasteiger partial charge on any atom is -0.337 e. The number of carbonyl (C=O) groups is 1. The zero-order chi connectivity index (χ0) is 15.4. The van der Waals surface area contributed by atoms with Gasteiger partial charge >= 0.3 is 6.03 Å². The highest BCUT2D eigenvalue weighted by molar-refractivity contribution is 5.74. The Balaban J connectivity index is 1.46. The van der Waals surface area contributed by atoms with E-state index in [1.165, 1.54) is 5.56 Å². The largest absolute Gasteiger partial charge is 0.337 e. The number of rotatable bonds is 6. The predicted molar refractivity (Wildman–Crippen MR) is 85.6 cm³/mol. The molecule has 3 rings (SSSR count). The van der Waals surface area contributed by atoms with Crippen LogP contribution in [-0.4, -0.2) is 28.4 Å². The Morgan fingerprint density at radius 3 is 2.73 bits per heavy atom. The molecule has 0 bridgehead atoms. The number of carbonyl (C=O) groups excluding carboxylic acids is 1. The number of amides is 2. The van der Waals surface area contributed by atoms with E-state index < -0.39 is 0 Å². The molecule has 1 atom stereocenters. The second-order valence-electron chi connectivity index (χ2n) is 6.10. The Morgan fingerprint density at radius 2 is 2.09 bits per heavy atom. The standard InChI is InChI=1S/C17H22N4O/c1-14(12-21-11-5-10-19-21)20-16(22)18-13-17(8-9-17)15-6-3-2-4-7-15/h2-7,10-11,14H,8-9,12-13H2,1H3,(H2,18,20,22)/t14-/m1/s1. The molecule has 22 heavy (non-hydrogen) atoms. The van der Waals surface area contributed by atoms with E-state index in [0.717, 1.165) is 12.8 Å². The fraction of sp³-hybridized carbons (Fsp3) is 0.412. The van der Waals surface area contributed by atoms with Gasteiger partial charge < -0.3 is 10.6 Å². The SMILES string of the molecule is C[C@H](Cn1cccn1)NC(=O)NCC1(c2ccccc2)CC1. The van der Waals surface area contributed by atoms with Gasteiger partial charge in [0, 0.05) is 30.4 Å². The highest BCUT2D eigenvalue weighted by Crippen LogP contribution is 2.47. The van der Waals surface area contributed by atoms with Gasteiger partial charge in [0.15, 0.2) is 0 Å². The molecule has 5 heteroatoms. The first kappa shape index (κ1) is 14.6. The van der Waals surface area contributed by atoms with Gasteiger partial charge in [-0.2, -0.15) is 5.10 Å². The summed E-state index contributed by atoms with van der Waals surface area (Å²) in [6.45, 7) is 3.34. The zero-order valence-corrected chi connectivity index (χ0v) is 12.8. The summed E-state index contributed by atoms with van der Waals surface area (Å²) in [5, 5.41) is 10.1. The van der Waals surface area contributed by atoms with Crippen molar-refractivity contribution in [3.05, 3.63) is 54.4 Å². The van der Waals surface area contributed by atoms with Crippen LogP contribution in [0.1, 0.15) is 25.3 Å². The van der Waals surface area contributed by atoms with E-state index in [0.29, 0.717) is 13.1 Å². The molecule has 1 saturated carbocycles. The highest BCUT2D eigenvalue weighted by Gasteiger charge is 2.44. The van der Waals surface area contributed by atoms with Crippen molar-refractivity contribution in [2.45, 2.75) is 37.8 Å². The molecule has 2 aromatic rings. The monoisotopic (exact) mass is 298 g/mol. The van der Waals surface area contributed by atoms with Crippen LogP contribution in [0, 0.1) is 0 Å². The van der Waals surface area contributed by atoms with Crippen molar-refractivity contribution < 1.29 is 4.79 Å². The van der Waals surface area contributed by atoms with Crippen molar-refractivity contribution in [2.75, 3.05) is 6.54 Å². The lowest BCUT2D eigenvalue weighted by atomic mass is 9.96. The summed E-state index contributed by atoms with van der Waals surface area (Å²) in [4.78, 5) is 12.0. The molecule has 5 nitrogen and oxygen atoms in total. The maximum Gasteiger partial charge on any atom is 0.315 e. The molecule has 1 aliphatic rings. The number of hydrogen-bond donors (Lipinski definition) is 2. The van der Waals surface area contributed by atoms with E-state index in [1.54, 1.807) is 6.20 Å². The van der Waals surface area contributed by atoms with Crippen molar-refractivity contribution in [1.82, 2.24) is 20.4 Å². The summed E-state index contributed by atoms with van der Waals surface area (Å²) < 4.78 is 1.82. The second kappa shape index (κ2) is 6.22. The van der Waals surface area contributed by atoms with E-state index in [-0.39, 0.29) is 17.5 Å². The Labute approximate surface area is 130 Å². The number of aromatic nitrogens is 2. The molecule has 1 heterocycles. The van der Waals surface area contributed by atoms with Gasteiger partial charge in [-0.3, -0.25) is 4.68 Å². The second-order valence-corrected chi connectivity index (χ2v) is 6.10. The topological polar surface area (TPSA) is 59.0 Å². The molecule has 1 fully saturated rings. The maximum absolute atomic E-state index is 12.0. The molecule has 1 aromatic heterocycles. The first-order chi connectivity index (χ1) is 10.7. The van der Waals surface area contributed by atoms with E-state index in [2.05, 4.69) is 40.0 Å². The van der Waals surface area contributed by atoms with Gasteiger partial charge in [0.1, 0.15) is 0 Å². The smallest absolute Gasteiger partial charge is 0.315 e. The summed E-state index contributed by atoms with van der Waals surface area (Å²) in [7, 11) is 0. The van der Waals surface area contributed by atoms with E-state index >= 15 is 0 Å². The van der Waals surface area contributed by atoms with Gasteiger partial charge in [0.2, 0.25) is 0 Å². The molecular weight excluding hydrogens is 276 g/mol. The summed E-state index contributed by atoms with van der Waals surface area (Å²) in [5.41, 5.74) is 1.46. The van der Waals surface area contributed by atoms with Crippen LogP contribution in [0.15, 0.2) is 48.8 Å². The van der Waals surface area contributed by atoms with Gasteiger partial charge in [-0.1, -0.05) is 30.3 Å². The molecule has 2 N–H and O–H groups in total. The van der Waals surface area contributed by atoms with Gasteiger partial charge in [-0.05, 0) is 31.4 Å². The maximum atomic E-state index is 12.0. The fourth-order valence-corrected chi connectivity index (χ4v) is 2.77. The summed E-state index contributed by atoms with van der Waals surface area (Å²) in [5.74, 6) is 0. The number of urea groups is 1. The minimum absolute atomic E-state index is 0.0341. The van der Waals surface area contributed by atoms with Crippen molar-refractivity contribution in [2.24, 2.45) is 0 Å². The number of hydrogen-bond acceptors (Lipinski definition) is 2. The Hall–Kier alpha value is -2.30. The number of nitrogens with one attached hydrogen (secondary N) is 2. The normalized spacial score (nSPS) is 16.8. The minimum atomic E-state index is -0.109. The third kappa shape index (κ3) is 3.47. The molecule has 2 amide bonds. The Kier molecular flexibility index (Phi) is 4.13. The fourth-order valence-electron chi connectivity index (χ4n) is 2.77. The molecule has 0 aliphatic heterocycles. The molecule has 0 spiro atoms. The van der Waals surface area contributed by atoms with Crippen LogP contribution in [0.5, 0.6) is 0 Å². The molecule has 0 radical (unpaired) electrons. The first-order valence-electron chi connectivity index (χ1n) is 7.75. The lowest BCUT2D eigenvalue weighted by Gasteiger charge is -2.19. The highest BCUT2D eigenvalue weighted by atomic mass is 16.2. The quantitative estimate of drug-likeness (QED) is 0.859. The van der Waals surface area contributed by atoms with Crippen LogP contribution in [-0.2, 0) is 12.0 Å². The molecule has 1 aromatic carbocycles. The van der Waals surface area contributed by atoms with Crippen molar-refractivity contribution in [3.8, 4) is 0 Å². The van der Waals surface area contributed by atoms with Crippen LogP contribution in [0.4, 0.5) is 4.79 Å². The zero-order valence-electron chi connectivity index (χ0n) is 12.8.